The third-order valence-corrected chi connectivity index (χ3v) is 3.78. The predicted octanol–water partition coefficient (Wildman–Crippen LogP) is 3.81. The molecule has 0 saturated carbocycles. The van der Waals surface area contributed by atoms with Gasteiger partial charge in [-0.1, -0.05) is 24.3 Å². The maximum Gasteiger partial charge on any atom is 0.211 e. The van der Waals surface area contributed by atoms with Crippen LogP contribution in [0.3, 0.4) is 0 Å². The average Bonchev–Trinajstić information content (AvgIpc) is 2.49. The van der Waals surface area contributed by atoms with Gasteiger partial charge in [-0.25, -0.2) is 4.98 Å². The highest BCUT2D eigenvalue weighted by Gasteiger charge is 2.12. The second-order valence-corrected chi connectivity index (χ2v) is 5.31. The molecular formula is C16H11BrN2O. The Morgan fingerprint density at radius 1 is 1.05 bits per heavy atom. The van der Waals surface area contributed by atoms with Crippen LogP contribution >= 0.6 is 15.9 Å². The molecule has 3 nitrogen and oxygen atoms in total. The Morgan fingerprint density at radius 2 is 1.85 bits per heavy atom. The molecule has 0 atom stereocenters. The minimum absolute atomic E-state index is 0.114. The molecule has 0 aliphatic heterocycles. The number of nitrogen functional groups attached to an aromatic ring is 1. The van der Waals surface area contributed by atoms with E-state index in [-0.39, 0.29) is 5.78 Å². The minimum atomic E-state index is -0.114. The monoisotopic (exact) mass is 326 g/mol. The van der Waals surface area contributed by atoms with Gasteiger partial charge < -0.3 is 5.73 Å². The van der Waals surface area contributed by atoms with E-state index in [0.717, 1.165) is 10.9 Å². The van der Waals surface area contributed by atoms with Gasteiger partial charge in [0.1, 0.15) is 5.69 Å². The number of pyridine rings is 1. The largest absolute Gasteiger partial charge is 0.398 e. The van der Waals surface area contributed by atoms with E-state index in [1.807, 2.05) is 30.3 Å². The molecular weight excluding hydrogens is 316 g/mol. The van der Waals surface area contributed by atoms with Crippen LogP contribution in [0, 0.1) is 0 Å². The van der Waals surface area contributed by atoms with E-state index in [4.69, 9.17) is 5.73 Å². The van der Waals surface area contributed by atoms with Crippen LogP contribution < -0.4 is 5.73 Å². The summed E-state index contributed by atoms with van der Waals surface area (Å²) in [6, 6.07) is 16.5. The van der Waals surface area contributed by atoms with Gasteiger partial charge in [0.25, 0.3) is 0 Å². The minimum Gasteiger partial charge on any atom is -0.398 e. The summed E-state index contributed by atoms with van der Waals surface area (Å²) in [5.74, 6) is -0.114. The number of carbonyl (C=O) groups excluding carboxylic acids is 1. The maximum atomic E-state index is 12.4. The van der Waals surface area contributed by atoms with Crippen LogP contribution in [-0.4, -0.2) is 10.8 Å². The molecule has 0 aliphatic carbocycles. The van der Waals surface area contributed by atoms with Gasteiger partial charge in [-0.15, -0.1) is 0 Å². The van der Waals surface area contributed by atoms with E-state index in [2.05, 4.69) is 20.9 Å². The van der Waals surface area contributed by atoms with Crippen molar-refractivity contribution < 1.29 is 4.79 Å². The van der Waals surface area contributed by atoms with Crippen molar-refractivity contribution in [3.63, 3.8) is 0 Å². The summed E-state index contributed by atoms with van der Waals surface area (Å²) in [6.07, 6.45) is 0. The zero-order valence-corrected chi connectivity index (χ0v) is 12.1. The van der Waals surface area contributed by atoms with Crippen LogP contribution in [0.15, 0.2) is 59.1 Å². The first-order chi connectivity index (χ1) is 9.65. The smallest absolute Gasteiger partial charge is 0.211 e. The van der Waals surface area contributed by atoms with Crippen molar-refractivity contribution in [2.24, 2.45) is 0 Å². The molecule has 1 aromatic heterocycles. The number of aromatic nitrogens is 1. The Hall–Kier alpha value is -2.20. The van der Waals surface area contributed by atoms with Gasteiger partial charge in [-0.2, -0.15) is 0 Å². The molecule has 2 aromatic carbocycles. The lowest BCUT2D eigenvalue weighted by Gasteiger charge is -2.04. The van der Waals surface area contributed by atoms with Gasteiger partial charge in [0, 0.05) is 21.1 Å². The first kappa shape index (κ1) is 12.8. The molecule has 0 aliphatic rings. The normalized spacial score (nSPS) is 10.7. The van der Waals surface area contributed by atoms with Gasteiger partial charge >= 0.3 is 0 Å². The molecule has 3 rings (SSSR count). The maximum absolute atomic E-state index is 12.4. The van der Waals surface area contributed by atoms with Crippen LogP contribution in [0.4, 0.5) is 5.69 Å². The Labute approximate surface area is 124 Å². The highest BCUT2D eigenvalue weighted by molar-refractivity contribution is 9.10. The Morgan fingerprint density at radius 3 is 2.65 bits per heavy atom. The molecule has 0 unspecified atom stereocenters. The second-order valence-electron chi connectivity index (χ2n) is 4.45. The fourth-order valence-corrected chi connectivity index (χ4v) is 2.39. The summed E-state index contributed by atoms with van der Waals surface area (Å²) in [5.41, 5.74) is 8.14. The van der Waals surface area contributed by atoms with Crippen molar-refractivity contribution in [2.45, 2.75) is 0 Å². The molecule has 3 aromatic rings. The van der Waals surface area contributed by atoms with E-state index in [1.54, 1.807) is 24.3 Å². The summed E-state index contributed by atoms with van der Waals surface area (Å²) in [6.45, 7) is 0. The number of carbonyl (C=O) groups is 1. The molecule has 0 spiro atoms. The lowest BCUT2D eigenvalue weighted by Crippen LogP contribution is -2.04. The standard InChI is InChI=1S/C16H11BrN2O/c17-12-9-11(5-7-13(12)18)16(20)15-8-6-10-3-1-2-4-14(10)19-15/h1-9H,18H2. The number of para-hydroxylation sites is 1. The fraction of sp³-hybridized carbons (Fsp3) is 0. The number of nitrogens with zero attached hydrogens (tertiary/aromatic N) is 1. The SMILES string of the molecule is Nc1ccc(C(=O)c2ccc3ccccc3n2)cc1Br. The number of hydrogen-bond donors (Lipinski definition) is 1. The van der Waals surface area contributed by atoms with E-state index >= 15 is 0 Å². The summed E-state index contributed by atoms with van der Waals surface area (Å²) in [4.78, 5) is 16.8. The molecule has 98 valence electrons. The van der Waals surface area contributed by atoms with Crippen molar-refractivity contribution in [3.8, 4) is 0 Å². The first-order valence-corrected chi connectivity index (χ1v) is 6.90. The molecule has 1 heterocycles. The van der Waals surface area contributed by atoms with E-state index in [9.17, 15) is 4.79 Å². The first-order valence-electron chi connectivity index (χ1n) is 6.11. The van der Waals surface area contributed by atoms with Crippen LogP contribution in [-0.2, 0) is 0 Å². The summed E-state index contributed by atoms with van der Waals surface area (Å²) >= 11 is 3.33. The summed E-state index contributed by atoms with van der Waals surface area (Å²) in [5, 5.41) is 1.02. The van der Waals surface area contributed by atoms with Gasteiger partial charge in [0.15, 0.2) is 0 Å². The van der Waals surface area contributed by atoms with E-state index in [0.29, 0.717) is 21.4 Å². The zero-order valence-electron chi connectivity index (χ0n) is 10.5. The lowest BCUT2D eigenvalue weighted by atomic mass is 10.1. The Kier molecular flexibility index (Phi) is 3.24. The van der Waals surface area contributed by atoms with Crippen LogP contribution in [0.25, 0.3) is 10.9 Å². The van der Waals surface area contributed by atoms with E-state index < -0.39 is 0 Å². The van der Waals surface area contributed by atoms with Gasteiger partial charge in [0.2, 0.25) is 5.78 Å². The number of anilines is 1. The number of nitrogens with two attached hydrogens (primary N) is 1. The molecule has 4 heteroatoms. The Balaban J connectivity index is 2.05. The zero-order chi connectivity index (χ0) is 14.1. The van der Waals surface area contributed by atoms with Crippen molar-refractivity contribution in [2.75, 3.05) is 5.73 Å². The van der Waals surface area contributed by atoms with Gasteiger partial charge in [0.05, 0.1) is 5.52 Å². The highest BCUT2D eigenvalue weighted by Crippen LogP contribution is 2.22. The molecule has 0 fully saturated rings. The van der Waals surface area contributed by atoms with Crippen molar-refractivity contribution in [3.05, 3.63) is 70.3 Å². The third-order valence-electron chi connectivity index (χ3n) is 3.09. The number of fused-ring (bicyclic) bond motifs is 1. The lowest BCUT2D eigenvalue weighted by molar-refractivity contribution is 0.103. The van der Waals surface area contributed by atoms with Gasteiger partial charge in [-0.05, 0) is 46.3 Å². The third kappa shape index (κ3) is 2.30. The summed E-state index contributed by atoms with van der Waals surface area (Å²) < 4.78 is 0.712. The number of benzene rings is 2. The van der Waals surface area contributed by atoms with Gasteiger partial charge in [-0.3, -0.25) is 4.79 Å². The topological polar surface area (TPSA) is 56.0 Å². The molecule has 2 N–H and O–H groups in total. The van der Waals surface area contributed by atoms with Crippen LogP contribution in [0.2, 0.25) is 0 Å². The van der Waals surface area contributed by atoms with Crippen molar-refractivity contribution >= 4 is 38.3 Å². The number of halogens is 1. The average molecular weight is 327 g/mol. The quantitative estimate of drug-likeness (QED) is 0.575. The van der Waals surface area contributed by atoms with Crippen LogP contribution in [0.5, 0.6) is 0 Å². The second kappa shape index (κ2) is 5.06. The molecule has 0 saturated heterocycles. The molecule has 0 amide bonds. The molecule has 0 bridgehead atoms. The van der Waals surface area contributed by atoms with E-state index in [1.165, 1.54) is 0 Å². The molecule has 20 heavy (non-hydrogen) atoms. The summed E-state index contributed by atoms with van der Waals surface area (Å²) in [7, 11) is 0. The predicted molar refractivity (Wildman–Crippen MR) is 83.7 cm³/mol. The number of hydrogen-bond acceptors (Lipinski definition) is 3. The fourth-order valence-electron chi connectivity index (χ4n) is 2.01. The van der Waals surface area contributed by atoms with Crippen molar-refractivity contribution in [1.29, 1.82) is 0 Å². The number of ketones is 1. The van der Waals surface area contributed by atoms with Crippen LogP contribution in [0.1, 0.15) is 16.1 Å². The molecule has 0 radical (unpaired) electrons. The van der Waals surface area contributed by atoms with Crippen molar-refractivity contribution in [1.82, 2.24) is 4.98 Å². The number of rotatable bonds is 2. The highest BCUT2D eigenvalue weighted by atomic mass is 79.9. The Bertz CT molecular complexity index is 814.